The molecule has 0 saturated heterocycles. The number of aromatic amines is 1. The number of carbonyl (C=O) groups excluding carboxylic acids is 1. The summed E-state index contributed by atoms with van der Waals surface area (Å²) >= 11 is 4.59. The standard InChI is InChI=1S/C16H13BrFN3O2S/c1-2-5-24-16-20-14-13(15(23)21-16)10(7-12(22)19-14)9-6-8(17)3-4-11(9)18/h2-4,6,10H,1,5,7H2,(H2,19,20,21,22,23). The number of carbonyl (C=O) groups is 1. The molecule has 2 heterocycles. The summed E-state index contributed by atoms with van der Waals surface area (Å²) in [5.41, 5.74) is 0.185. The Morgan fingerprint density at radius 3 is 3.00 bits per heavy atom. The molecule has 0 aliphatic carbocycles. The molecule has 8 heteroatoms. The predicted molar refractivity (Wildman–Crippen MR) is 95.0 cm³/mol. The first-order valence-electron chi connectivity index (χ1n) is 7.12. The molecule has 5 nitrogen and oxygen atoms in total. The molecule has 124 valence electrons. The van der Waals surface area contributed by atoms with Crippen molar-refractivity contribution < 1.29 is 9.18 Å². The summed E-state index contributed by atoms with van der Waals surface area (Å²) < 4.78 is 14.9. The maximum Gasteiger partial charge on any atom is 0.257 e. The minimum atomic E-state index is -0.680. The molecule has 0 spiro atoms. The molecule has 2 N–H and O–H groups in total. The largest absolute Gasteiger partial charge is 0.310 e. The fraction of sp³-hybridized carbons (Fsp3) is 0.188. The Balaban J connectivity index is 2.13. The van der Waals surface area contributed by atoms with E-state index in [-0.39, 0.29) is 29.3 Å². The summed E-state index contributed by atoms with van der Waals surface area (Å²) in [6.45, 7) is 3.61. The van der Waals surface area contributed by atoms with Gasteiger partial charge in [0, 0.05) is 22.6 Å². The lowest BCUT2D eigenvalue weighted by molar-refractivity contribution is -0.116. The van der Waals surface area contributed by atoms with Crippen LogP contribution in [0.5, 0.6) is 0 Å². The molecular weight excluding hydrogens is 397 g/mol. The van der Waals surface area contributed by atoms with Gasteiger partial charge in [-0.3, -0.25) is 9.59 Å². The molecule has 24 heavy (non-hydrogen) atoms. The average molecular weight is 410 g/mol. The first-order valence-corrected chi connectivity index (χ1v) is 8.90. The van der Waals surface area contributed by atoms with Gasteiger partial charge in [-0.1, -0.05) is 33.8 Å². The van der Waals surface area contributed by atoms with Crippen LogP contribution in [-0.2, 0) is 4.79 Å². The van der Waals surface area contributed by atoms with Crippen LogP contribution in [0.4, 0.5) is 10.2 Å². The van der Waals surface area contributed by atoms with Crippen LogP contribution in [0.1, 0.15) is 23.5 Å². The smallest absolute Gasteiger partial charge is 0.257 e. The van der Waals surface area contributed by atoms with E-state index >= 15 is 0 Å². The molecule has 1 atom stereocenters. The lowest BCUT2D eigenvalue weighted by atomic mass is 9.86. The number of hydrogen-bond acceptors (Lipinski definition) is 4. The van der Waals surface area contributed by atoms with Gasteiger partial charge in [0.05, 0.1) is 5.56 Å². The lowest BCUT2D eigenvalue weighted by Crippen LogP contribution is -2.31. The normalized spacial score (nSPS) is 16.4. The minimum absolute atomic E-state index is 0.00964. The van der Waals surface area contributed by atoms with E-state index in [1.807, 2.05) is 0 Å². The summed E-state index contributed by atoms with van der Waals surface area (Å²) in [7, 11) is 0. The maximum atomic E-state index is 14.3. The topological polar surface area (TPSA) is 74.8 Å². The van der Waals surface area contributed by atoms with E-state index in [4.69, 9.17) is 0 Å². The number of halogens is 2. The third-order valence-corrected chi connectivity index (χ3v) is 4.96. The van der Waals surface area contributed by atoms with E-state index in [9.17, 15) is 14.0 Å². The highest BCUT2D eigenvalue weighted by Crippen LogP contribution is 2.36. The average Bonchev–Trinajstić information content (AvgIpc) is 2.54. The van der Waals surface area contributed by atoms with Gasteiger partial charge in [0.25, 0.3) is 5.56 Å². The Bertz CT molecular complexity index is 884. The fourth-order valence-corrected chi connectivity index (χ4v) is 3.58. The summed E-state index contributed by atoms with van der Waals surface area (Å²) in [5.74, 6) is -0.691. The zero-order valence-electron chi connectivity index (χ0n) is 12.4. The van der Waals surface area contributed by atoms with Gasteiger partial charge in [0.1, 0.15) is 11.6 Å². The van der Waals surface area contributed by atoms with Gasteiger partial charge in [0.2, 0.25) is 5.91 Å². The molecule has 3 rings (SSSR count). The number of amides is 1. The number of fused-ring (bicyclic) bond motifs is 1. The zero-order chi connectivity index (χ0) is 17.3. The van der Waals surface area contributed by atoms with Gasteiger partial charge in [-0.15, -0.1) is 6.58 Å². The van der Waals surface area contributed by atoms with Crippen molar-refractivity contribution in [2.24, 2.45) is 0 Å². The Labute approximate surface area is 149 Å². The van der Waals surface area contributed by atoms with Crippen molar-refractivity contribution in [2.45, 2.75) is 17.5 Å². The quantitative estimate of drug-likeness (QED) is 0.460. The van der Waals surface area contributed by atoms with E-state index in [1.54, 1.807) is 18.2 Å². The van der Waals surface area contributed by atoms with Crippen LogP contribution in [-0.4, -0.2) is 21.6 Å². The molecule has 1 aromatic carbocycles. The van der Waals surface area contributed by atoms with E-state index in [0.29, 0.717) is 20.9 Å². The second-order valence-electron chi connectivity index (χ2n) is 5.20. The number of benzene rings is 1. The van der Waals surface area contributed by atoms with Crippen LogP contribution in [0.3, 0.4) is 0 Å². The summed E-state index contributed by atoms with van der Waals surface area (Å²) in [5, 5.41) is 2.99. The number of aromatic nitrogens is 2. The summed E-state index contributed by atoms with van der Waals surface area (Å²) in [6, 6.07) is 4.46. The van der Waals surface area contributed by atoms with Crippen LogP contribution in [0.25, 0.3) is 0 Å². The monoisotopic (exact) mass is 409 g/mol. The highest BCUT2D eigenvalue weighted by molar-refractivity contribution is 9.10. The molecule has 1 aromatic heterocycles. The highest BCUT2D eigenvalue weighted by Gasteiger charge is 2.32. The molecular formula is C16H13BrFN3O2S. The lowest BCUT2D eigenvalue weighted by Gasteiger charge is -2.25. The first kappa shape index (κ1) is 16.9. The van der Waals surface area contributed by atoms with Crippen LogP contribution in [0.2, 0.25) is 0 Å². The van der Waals surface area contributed by atoms with Crippen molar-refractivity contribution in [3.8, 4) is 0 Å². The SMILES string of the molecule is C=CCSc1nc2c(c(=O)[nH]1)C(c1cc(Br)ccc1F)CC(=O)N2. The number of anilines is 1. The van der Waals surface area contributed by atoms with Crippen molar-refractivity contribution in [2.75, 3.05) is 11.1 Å². The molecule has 1 aliphatic heterocycles. The molecule has 0 fully saturated rings. The molecule has 0 radical (unpaired) electrons. The van der Waals surface area contributed by atoms with Crippen molar-refractivity contribution in [1.82, 2.24) is 9.97 Å². The van der Waals surface area contributed by atoms with Gasteiger partial charge in [-0.2, -0.15) is 0 Å². The van der Waals surface area contributed by atoms with E-state index in [0.717, 1.165) is 0 Å². The van der Waals surface area contributed by atoms with Crippen LogP contribution < -0.4 is 10.9 Å². The second-order valence-corrected chi connectivity index (χ2v) is 7.13. The predicted octanol–water partition coefficient (Wildman–Crippen LogP) is 3.42. The van der Waals surface area contributed by atoms with E-state index in [1.165, 1.54) is 17.8 Å². The second kappa shape index (κ2) is 6.90. The molecule has 1 aliphatic rings. The zero-order valence-corrected chi connectivity index (χ0v) is 14.8. The van der Waals surface area contributed by atoms with Crippen molar-refractivity contribution >= 4 is 39.4 Å². The molecule has 2 aromatic rings. The van der Waals surface area contributed by atoms with Crippen molar-refractivity contribution in [3.63, 3.8) is 0 Å². The molecule has 0 saturated carbocycles. The van der Waals surface area contributed by atoms with Gasteiger partial charge in [-0.25, -0.2) is 9.37 Å². The maximum absolute atomic E-state index is 14.3. The fourth-order valence-electron chi connectivity index (χ4n) is 2.60. The van der Waals surface area contributed by atoms with E-state index < -0.39 is 11.7 Å². The van der Waals surface area contributed by atoms with E-state index in [2.05, 4.69) is 37.8 Å². The number of rotatable bonds is 4. The van der Waals surface area contributed by atoms with Crippen LogP contribution >= 0.6 is 27.7 Å². The number of nitrogens with zero attached hydrogens (tertiary/aromatic N) is 1. The van der Waals surface area contributed by atoms with Crippen molar-refractivity contribution in [1.29, 1.82) is 0 Å². The Morgan fingerprint density at radius 1 is 1.46 bits per heavy atom. The summed E-state index contributed by atoms with van der Waals surface area (Å²) in [4.78, 5) is 31.5. The third kappa shape index (κ3) is 3.29. The van der Waals surface area contributed by atoms with Crippen molar-refractivity contribution in [3.05, 3.63) is 62.6 Å². The van der Waals surface area contributed by atoms with Crippen LogP contribution in [0.15, 0.2) is 45.3 Å². The third-order valence-electron chi connectivity index (χ3n) is 3.60. The summed E-state index contributed by atoms with van der Waals surface area (Å²) in [6.07, 6.45) is 1.67. The number of hydrogen-bond donors (Lipinski definition) is 2. The van der Waals surface area contributed by atoms with Gasteiger partial charge >= 0.3 is 0 Å². The molecule has 1 amide bonds. The minimum Gasteiger partial charge on any atom is -0.310 e. The number of nitrogens with one attached hydrogen (secondary N) is 2. The van der Waals surface area contributed by atoms with Gasteiger partial charge < -0.3 is 10.3 Å². The number of thioether (sulfide) groups is 1. The molecule has 0 bridgehead atoms. The highest BCUT2D eigenvalue weighted by atomic mass is 79.9. The van der Waals surface area contributed by atoms with Gasteiger partial charge in [0.15, 0.2) is 5.16 Å². The first-order chi connectivity index (χ1) is 11.5. The number of H-pyrrole nitrogens is 1. The van der Waals surface area contributed by atoms with Gasteiger partial charge in [-0.05, 0) is 23.8 Å². The Morgan fingerprint density at radius 2 is 2.25 bits per heavy atom. The molecule has 1 unspecified atom stereocenters. The van der Waals surface area contributed by atoms with Crippen LogP contribution in [0, 0.1) is 5.82 Å². The Hall–Kier alpha value is -1.93. The Kier molecular flexibility index (Phi) is 4.86.